The van der Waals surface area contributed by atoms with E-state index in [-0.39, 0.29) is 0 Å². The molecule has 0 atom stereocenters. The second kappa shape index (κ2) is 5.58. The number of furan rings is 1. The van der Waals surface area contributed by atoms with Crippen LogP contribution < -0.4 is 5.32 Å². The van der Waals surface area contributed by atoms with Gasteiger partial charge in [0.1, 0.15) is 5.76 Å². The van der Waals surface area contributed by atoms with Crippen molar-refractivity contribution in [2.75, 3.05) is 5.32 Å². The molecule has 0 amide bonds. The minimum absolute atomic E-state index is 0.747. The van der Waals surface area contributed by atoms with Crippen LogP contribution in [0.1, 0.15) is 30.7 Å². The molecule has 0 saturated heterocycles. The van der Waals surface area contributed by atoms with Gasteiger partial charge >= 0.3 is 0 Å². The van der Waals surface area contributed by atoms with E-state index in [1.807, 2.05) is 12.1 Å². The zero-order valence-corrected chi connectivity index (χ0v) is 10.5. The normalized spacial score (nSPS) is 10.5. The topological polar surface area (TPSA) is 25.2 Å². The predicted molar refractivity (Wildman–Crippen MR) is 71.2 cm³/mol. The van der Waals surface area contributed by atoms with Gasteiger partial charge in [-0.2, -0.15) is 0 Å². The predicted octanol–water partition coefficient (Wildman–Crippen LogP) is 4.02. The largest absolute Gasteiger partial charge is 0.467 e. The van der Waals surface area contributed by atoms with Crippen molar-refractivity contribution in [1.29, 1.82) is 0 Å². The SMILES string of the molecule is CCc1cccc(CC)c1NCc1ccco1. The van der Waals surface area contributed by atoms with Crippen molar-refractivity contribution in [3.05, 3.63) is 53.5 Å². The van der Waals surface area contributed by atoms with E-state index < -0.39 is 0 Å². The van der Waals surface area contributed by atoms with Gasteiger partial charge in [-0.25, -0.2) is 0 Å². The summed E-state index contributed by atoms with van der Waals surface area (Å²) in [6.07, 6.45) is 3.81. The molecule has 1 aromatic heterocycles. The Morgan fingerprint density at radius 1 is 1.00 bits per heavy atom. The maximum Gasteiger partial charge on any atom is 0.122 e. The smallest absolute Gasteiger partial charge is 0.122 e. The molecular formula is C15H19NO. The minimum Gasteiger partial charge on any atom is -0.467 e. The molecular weight excluding hydrogens is 210 g/mol. The van der Waals surface area contributed by atoms with Crippen molar-refractivity contribution in [3.63, 3.8) is 0 Å². The molecule has 0 radical (unpaired) electrons. The van der Waals surface area contributed by atoms with Crippen LogP contribution in [0.25, 0.3) is 0 Å². The lowest BCUT2D eigenvalue weighted by Gasteiger charge is -2.14. The van der Waals surface area contributed by atoms with Gasteiger partial charge in [0.25, 0.3) is 0 Å². The number of nitrogens with one attached hydrogen (secondary N) is 1. The molecule has 1 N–H and O–H groups in total. The summed E-state index contributed by atoms with van der Waals surface area (Å²) in [7, 11) is 0. The number of hydrogen-bond acceptors (Lipinski definition) is 2. The first kappa shape index (κ1) is 11.8. The highest BCUT2D eigenvalue weighted by molar-refractivity contribution is 5.57. The third kappa shape index (κ3) is 2.70. The van der Waals surface area contributed by atoms with Crippen LogP contribution in [0.3, 0.4) is 0 Å². The Bertz CT molecular complexity index is 438. The second-order valence-corrected chi connectivity index (χ2v) is 4.09. The Labute approximate surface area is 103 Å². The van der Waals surface area contributed by atoms with Crippen LogP contribution in [-0.4, -0.2) is 0 Å². The summed E-state index contributed by atoms with van der Waals surface area (Å²) in [5.74, 6) is 0.970. The van der Waals surface area contributed by atoms with Gasteiger partial charge in [0.15, 0.2) is 0 Å². The highest BCUT2D eigenvalue weighted by Gasteiger charge is 2.06. The standard InChI is InChI=1S/C15H19NO/c1-3-12-7-5-8-13(4-2)15(12)16-11-14-9-6-10-17-14/h5-10,16H,3-4,11H2,1-2H3. The fraction of sp³-hybridized carbons (Fsp3) is 0.333. The molecule has 0 aliphatic carbocycles. The third-order valence-electron chi connectivity index (χ3n) is 3.02. The Balaban J connectivity index is 2.18. The maximum atomic E-state index is 5.34. The lowest BCUT2D eigenvalue weighted by Crippen LogP contribution is -2.04. The van der Waals surface area contributed by atoms with Crippen LogP contribution in [0.4, 0.5) is 5.69 Å². The Kier molecular flexibility index (Phi) is 3.86. The average Bonchev–Trinajstić information content (AvgIpc) is 2.88. The van der Waals surface area contributed by atoms with Gasteiger partial charge in [-0.05, 0) is 36.1 Å². The number of anilines is 1. The summed E-state index contributed by atoms with van der Waals surface area (Å²) in [5.41, 5.74) is 4.01. The molecule has 2 heteroatoms. The molecule has 0 saturated carbocycles. The van der Waals surface area contributed by atoms with E-state index in [2.05, 4.69) is 37.4 Å². The molecule has 0 aliphatic heterocycles. The monoisotopic (exact) mass is 229 g/mol. The Hall–Kier alpha value is -1.70. The van der Waals surface area contributed by atoms with Crippen LogP contribution in [0.5, 0.6) is 0 Å². The molecule has 1 aromatic carbocycles. The highest BCUT2D eigenvalue weighted by Crippen LogP contribution is 2.23. The van der Waals surface area contributed by atoms with Gasteiger partial charge in [-0.3, -0.25) is 0 Å². The van der Waals surface area contributed by atoms with E-state index in [9.17, 15) is 0 Å². The number of aryl methyl sites for hydroxylation is 2. The first-order valence-corrected chi connectivity index (χ1v) is 6.22. The van der Waals surface area contributed by atoms with Crippen LogP contribution >= 0.6 is 0 Å². The molecule has 1 heterocycles. The zero-order valence-electron chi connectivity index (χ0n) is 10.5. The Morgan fingerprint density at radius 2 is 1.71 bits per heavy atom. The fourth-order valence-corrected chi connectivity index (χ4v) is 2.06. The molecule has 0 fully saturated rings. The fourth-order valence-electron chi connectivity index (χ4n) is 2.06. The maximum absolute atomic E-state index is 5.34. The number of benzene rings is 1. The highest BCUT2D eigenvalue weighted by atomic mass is 16.3. The summed E-state index contributed by atoms with van der Waals surface area (Å²) >= 11 is 0. The van der Waals surface area contributed by atoms with E-state index in [0.717, 1.165) is 25.1 Å². The van der Waals surface area contributed by atoms with Crippen LogP contribution in [0, 0.1) is 0 Å². The van der Waals surface area contributed by atoms with Crippen molar-refractivity contribution in [2.45, 2.75) is 33.2 Å². The molecule has 0 spiro atoms. The molecule has 0 unspecified atom stereocenters. The number of rotatable bonds is 5. The second-order valence-electron chi connectivity index (χ2n) is 4.09. The van der Waals surface area contributed by atoms with Crippen LogP contribution in [0.2, 0.25) is 0 Å². The van der Waals surface area contributed by atoms with Crippen molar-refractivity contribution >= 4 is 5.69 Å². The van der Waals surface area contributed by atoms with E-state index in [4.69, 9.17) is 4.42 Å². The first-order valence-electron chi connectivity index (χ1n) is 6.22. The van der Waals surface area contributed by atoms with Crippen LogP contribution in [-0.2, 0) is 19.4 Å². The zero-order chi connectivity index (χ0) is 12.1. The van der Waals surface area contributed by atoms with Crippen molar-refractivity contribution in [3.8, 4) is 0 Å². The van der Waals surface area contributed by atoms with Gasteiger partial charge in [0.2, 0.25) is 0 Å². The van der Waals surface area contributed by atoms with Crippen molar-refractivity contribution in [2.24, 2.45) is 0 Å². The van der Waals surface area contributed by atoms with E-state index >= 15 is 0 Å². The van der Waals surface area contributed by atoms with E-state index in [1.165, 1.54) is 16.8 Å². The molecule has 2 nitrogen and oxygen atoms in total. The van der Waals surface area contributed by atoms with Gasteiger partial charge in [-0.1, -0.05) is 32.0 Å². The molecule has 0 aliphatic rings. The lowest BCUT2D eigenvalue weighted by molar-refractivity contribution is 0.518. The summed E-state index contributed by atoms with van der Waals surface area (Å²) in [4.78, 5) is 0. The van der Waals surface area contributed by atoms with Crippen molar-refractivity contribution in [1.82, 2.24) is 0 Å². The number of para-hydroxylation sites is 1. The summed E-state index contributed by atoms with van der Waals surface area (Å²) in [6, 6.07) is 10.4. The van der Waals surface area contributed by atoms with Crippen molar-refractivity contribution < 1.29 is 4.42 Å². The van der Waals surface area contributed by atoms with E-state index in [0.29, 0.717) is 0 Å². The Morgan fingerprint density at radius 3 is 2.24 bits per heavy atom. The van der Waals surface area contributed by atoms with Crippen LogP contribution in [0.15, 0.2) is 41.0 Å². The first-order chi connectivity index (χ1) is 8.35. The molecule has 90 valence electrons. The minimum atomic E-state index is 0.747. The molecule has 17 heavy (non-hydrogen) atoms. The van der Waals surface area contributed by atoms with Gasteiger partial charge in [-0.15, -0.1) is 0 Å². The quantitative estimate of drug-likeness (QED) is 0.837. The van der Waals surface area contributed by atoms with Gasteiger partial charge in [0.05, 0.1) is 12.8 Å². The average molecular weight is 229 g/mol. The molecule has 2 aromatic rings. The lowest BCUT2D eigenvalue weighted by atomic mass is 10.0. The van der Waals surface area contributed by atoms with E-state index in [1.54, 1.807) is 6.26 Å². The summed E-state index contributed by atoms with van der Waals surface area (Å²) < 4.78 is 5.34. The molecule has 0 bridgehead atoms. The van der Waals surface area contributed by atoms with Gasteiger partial charge < -0.3 is 9.73 Å². The molecule has 2 rings (SSSR count). The third-order valence-corrected chi connectivity index (χ3v) is 3.02. The van der Waals surface area contributed by atoms with Gasteiger partial charge in [0, 0.05) is 5.69 Å². The summed E-state index contributed by atoms with van der Waals surface area (Å²) in [5, 5.41) is 3.49. The summed E-state index contributed by atoms with van der Waals surface area (Å²) in [6.45, 7) is 5.12. The number of hydrogen-bond donors (Lipinski definition) is 1.